The fourth-order valence-corrected chi connectivity index (χ4v) is 4.02. The van der Waals surface area contributed by atoms with Crippen LogP contribution in [0, 0.1) is 0 Å². The van der Waals surface area contributed by atoms with Crippen LogP contribution >= 0.6 is 0 Å². The zero-order valence-corrected chi connectivity index (χ0v) is 8.98. The first-order chi connectivity index (χ1) is 7.40. The highest BCUT2D eigenvalue weighted by Gasteiger charge is 2.57. The highest BCUT2D eigenvalue weighted by Crippen LogP contribution is 2.50. The Hall–Kier alpha value is -0.600. The Morgan fingerprint density at radius 2 is 2.40 bits per heavy atom. The summed E-state index contributed by atoms with van der Waals surface area (Å²) in [5.41, 5.74) is 1.56. The summed E-state index contributed by atoms with van der Waals surface area (Å²) in [4.78, 5) is 2.69. The van der Waals surface area contributed by atoms with Crippen molar-refractivity contribution in [2.24, 2.45) is 0 Å². The summed E-state index contributed by atoms with van der Waals surface area (Å²) < 4.78 is 6.12. The summed E-state index contributed by atoms with van der Waals surface area (Å²) in [7, 11) is 0. The molecule has 2 nitrogen and oxygen atoms in total. The molecule has 3 aliphatic heterocycles. The predicted octanol–water partition coefficient (Wildman–Crippen LogP) is 1.88. The van der Waals surface area contributed by atoms with Gasteiger partial charge in [0.05, 0.1) is 6.61 Å². The van der Waals surface area contributed by atoms with Crippen molar-refractivity contribution in [2.75, 3.05) is 13.2 Å². The van der Waals surface area contributed by atoms with Crippen LogP contribution in [0.2, 0.25) is 0 Å². The van der Waals surface area contributed by atoms with E-state index >= 15 is 0 Å². The van der Waals surface area contributed by atoms with Crippen molar-refractivity contribution in [3.8, 4) is 0 Å². The van der Waals surface area contributed by atoms with Crippen molar-refractivity contribution in [3.63, 3.8) is 0 Å². The fourth-order valence-electron chi connectivity index (χ4n) is 4.02. The van der Waals surface area contributed by atoms with Crippen LogP contribution in [-0.2, 0) is 4.74 Å². The van der Waals surface area contributed by atoms with E-state index in [-0.39, 0.29) is 5.60 Å². The van der Waals surface area contributed by atoms with Gasteiger partial charge < -0.3 is 4.74 Å². The number of nitrogens with zero attached hydrogens (tertiary/aromatic N) is 1. The molecule has 80 valence electrons. The lowest BCUT2D eigenvalue weighted by molar-refractivity contribution is -0.0178. The number of hydrogen-bond donors (Lipinski definition) is 0. The predicted molar refractivity (Wildman–Crippen MR) is 58.7 cm³/mol. The molecular weight excluding hydrogens is 186 g/mol. The van der Waals surface area contributed by atoms with E-state index in [2.05, 4.69) is 23.1 Å². The monoisotopic (exact) mass is 203 g/mol. The van der Waals surface area contributed by atoms with E-state index in [1.165, 1.54) is 37.8 Å². The summed E-state index contributed by atoms with van der Waals surface area (Å²) in [6.07, 6.45) is 12.3. The summed E-state index contributed by atoms with van der Waals surface area (Å²) in [5.74, 6) is 0. The van der Waals surface area contributed by atoms with Gasteiger partial charge in [0, 0.05) is 18.5 Å². The number of rotatable bonds is 0. The molecule has 2 heteroatoms. The van der Waals surface area contributed by atoms with E-state index in [4.69, 9.17) is 4.74 Å². The fraction of sp³-hybridized carbons (Fsp3) is 0.692. The number of hydrogen-bond acceptors (Lipinski definition) is 2. The molecule has 3 heterocycles. The molecule has 0 aromatic carbocycles. The van der Waals surface area contributed by atoms with Crippen molar-refractivity contribution in [1.82, 2.24) is 4.90 Å². The maximum Gasteiger partial charge on any atom is 0.111 e. The van der Waals surface area contributed by atoms with Gasteiger partial charge in [-0.05, 0) is 25.0 Å². The summed E-state index contributed by atoms with van der Waals surface area (Å²) in [6.45, 7) is 2.11. The average molecular weight is 203 g/mol. The van der Waals surface area contributed by atoms with E-state index in [0.717, 1.165) is 6.61 Å². The second-order valence-corrected chi connectivity index (χ2v) is 5.24. The lowest BCUT2D eigenvalue weighted by Gasteiger charge is -2.38. The molecule has 0 saturated carbocycles. The van der Waals surface area contributed by atoms with Gasteiger partial charge in [0.2, 0.25) is 0 Å². The van der Waals surface area contributed by atoms with Gasteiger partial charge in [-0.15, -0.1) is 0 Å². The largest absolute Gasteiger partial charge is 0.365 e. The van der Waals surface area contributed by atoms with Crippen LogP contribution in [0.4, 0.5) is 0 Å². The van der Waals surface area contributed by atoms with Crippen LogP contribution in [0.1, 0.15) is 25.7 Å². The van der Waals surface area contributed by atoms with Gasteiger partial charge in [0.1, 0.15) is 5.60 Å². The third-order valence-electron chi connectivity index (χ3n) is 4.65. The Morgan fingerprint density at radius 3 is 3.40 bits per heavy atom. The third kappa shape index (κ3) is 0.925. The van der Waals surface area contributed by atoms with Crippen molar-refractivity contribution >= 4 is 0 Å². The topological polar surface area (TPSA) is 12.5 Å². The molecule has 0 aromatic heterocycles. The normalized spacial score (nSPS) is 47.6. The smallest absolute Gasteiger partial charge is 0.111 e. The Morgan fingerprint density at radius 1 is 1.40 bits per heavy atom. The zero-order valence-electron chi connectivity index (χ0n) is 8.98. The van der Waals surface area contributed by atoms with Crippen LogP contribution in [0.25, 0.3) is 0 Å². The molecule has 15 heavy (non-hydrogen) atoms. The molecular formula is C13H17NO. The lowest BCUT2D eigenvalue weighted by atomic mass is 9.80. The van der Waals surface area contributed by atoms with Crippen LogP contribution < -0.4 is 0 Å². The molecule has 0 aromatic rings. The number of piperidine rings is 1. The number of fused-ring (bicyclic) bond motifs is 3. The maximum atomic E-state index is 6.12. The average Bonchev–Trinajstić information content (AvgIpc) is 2.82. The van der Waals surface area contributed by atoms with E-state index in [1.807, 2.05) is 0 Å². The molecule has 2 fully saturated rings. The van der Waals surface area contributed by atoms with Crippen LogP contribution in [0.5, 0.6) is 0 Å². The second-order valence-electron chi connectivity index (χ2n) is 5.24. The number of ether oxygens (including phenoxy) is 1. The second kappa shape index (κ2) is 2.74. The molecule has 0 unspecified atom stereocenters. The SMILES string of the molecule is C1=C[C@@H]2C[C@@]3(OCC=C13)[C@H]1CCCCN21. The molecule has 0 radical (unpaired) electrons. The molecule has 2 bridgehead atoms. The van der Waals surface area contributed by atoms with E-state index < -0.39 is 0 Å². The van der Waals surface area contributed by atoms with Gasteiger partial charge in [-0.25, -0.2) is 0 Å². The van der Waals surface area contributed by atoms with E-state index in [0.29, 0.717) is 12.1 Å². The van der Waals surface area contributed by atoms with E-state index in [1.54, 1.807) is 0 Å². The summed E-state index contributed by atoms with van der Waals surface area (Å²) in [5, 5.41) is 0. The zero-order chi connectivity index (χ0) is 9.88. The van der Waals surface area contributed by atoms with Crippen LogP contribution in [-0.4, -0.2) is 35.7 Å². The highest BCUT2D eigenvalue weighted by molar-refractivity contribution is 5.43. The van der Waals surface area contributed by atoms with Crippen molar-refractivity contribution in [2.45, 2.75) is 43.4 Å². The van der Waals surface area contributed by atoms with Crippen LogP contribution in [0.3, 0.4) is 0 Å². The summed E-state index contributed by atoms with van der Waals surface area (Å²) in [6, 6.07) is 1.32. The Bertz CT molecular complexity index is 360. The van der Waals surface area contributed by atoms with Gasteiger partial charge in [0.25, 0.3) is 0 Å². The molecule has 2 saturated heterocycles. The highest BCUT2D eigenvalue weighted by atomic mass is 16.5. The lowest BCUT2D eigenvalue weighted by Crippen LogP contribution is -2.48. The van der Waals surface area contributed by atoms with Crippen molar-refractivity contribution in [1.29, 1.82) is 0 Å². The third-order valence-corrected chi connectivity index (χ3v) is 4.65. The minimum absolute atomic E-state index is 0.0971. The molecule has 4 aliphatic rings. The standard InChI is InChI=1S/C13H17NO/c1-2-7-14-11-5-4-10-6-8-15-13(10,9-11)12(14)3-1/h4-6,11-12H,1-3,7-9H2/t11-,12-,13+/m1/s1. The molecule has 1 spiro atoms. The summed E-state index contributed by atoms with van der Waals surface area (Å²) >= 11 is 0. The van der Waals surface area contributed by atoms with E-state index in [9.17, 15) is 0 Å². The van der Waals surface area contributed by atoms with Crippen molar-refractivity contribution in [3.05, 3.63) is 23.8 Å². The quantitative estimate of drug-likeness (QED) is 0.596. The Labute approximate surface area is 90.6 Å². The molecule has 1 aliphatic carbocycles. The first kappa shape index (κ1) is 8.54. The van der Waals surface area contributed by atoms with Crippen molar-refractivity contribution < 1.29 is 4.74 Å². The Kier molecular flexibility index (Phi) is 1.56. The minimum atomic E-state index is 0.0971. The first-order valence-electron chi connectivity index (χ1n) is 6.19. The van der Waals surface area contributed by atoms with Gasteiger partial charge >= 0.3 is 0 Å². The van der Waals surface area contributed by atoms with Crippen LogP contribution in [0.15, 0.2) is 23.8 Å². The molecule has 0 amide bonds. The molecule has 4 rings (SSSR count). The molecule has 0 N–H and O–H groups in total. The van der Waals surface area contributed by atoms with Gasteiger partial charge in [-0.2, -0.15) is 0 Å². The molecule has 3 atom stereocenters. The first-order valence-corrected chi connectivity index (χ1v) is 6.19. The van der Waals surface area contributed by atoms with Gasteiger partial charge in [-0.1, -0.05) is 24.6 Å². The minimum Gasteiger partial charge on any atom is -0.365 e. The van der Waals surface area contributed by atoms with Gasteiger partial charge in [0.15, 0.2) is 0 Å². The Balaban J connectivity index is 1.83. The maximum absolute atomic E-state index is 6.12. The van der Waals surface area contributed by atoms with Gasteiger partial charge in [-0.3, -0.25) is 4.90 Å².